The Hall–Kier alpha value is -1.81. The van der Waals surface area contributed by atoms with Crippen molar-refractivity contribution >= 4 is 48.8 Å². The molecule has 0 spiro atoms. The van der Waals surface area contributed by atoms with Crippen LogP contribution in [0.2, 0.25) is 0 Å². The van der Waals surface area contributed by atoms with Crippen LogP contribution in [0.5, 0.6) is 0 Å². The average Bonchev–Trinajstić information content (AvgIpc) is 3.48. The van der Waals surface area contributed by atoms with E-state index < -0.39 is 16.1 Å². The predicted octanol–water partition coefficient (Wildman–Crippen LogP) is 3.92. The van der Waals surface area contributed by atoms with Crippen LogP contribution < -0.4 is 4.80 Å². The number of unbranched alkanes of at least 4 members (excludes halogenated alkanes) is 1. The van der Waals surface area contributed by atoms with Crippen molar-refractivity contribution in [2.45, 2.75) is 49.3 Å². The van der Waals surface area contributed by atoms with Crippen molar-refractivity contribution in [3.63, 3.8) is 0 Å². The lowest BCUT2D eigenvalue weighted by Gasteiger charge is -2.20. The van der Waals surface area contributed by atoms with E-state index in [0.29, 0.717) is 24.2 Å². The molecular weight excluding hydrogens is 438 g/mol. The van der Waals surface area contributed by atoms with Gasteiger partial charge in [-0.3, -0.25) is 4.79 Å². The Kier molecular flexibility index (Phi) is 6.24. The molecule has 0 bridgehead atoms. The van der Waals surface area contributed by atoms with Crippen LogP contribution in [0.4, 0.5) is 0 Å². The molecule has 1 saturated heterocycles. The first-order valence-electron chi connectivity index (χ1n) is 10.1. The van der Waals surface area contributed by atoms with Gasteiger partial charge in [0.25, 0.3) is 15.9 Å². The average molecular weight is 464 g/mol. The van der Waals surface area contributed by atoms with E-state index in [1.54, 1.807) is 17.5 Å². The van der Waals surface area contributed by atoms with Gasteiger partial charge in [-0.25, -0.2) is 8.42 Å². The van der Waals surface area contributed by atoms with Gasteiger partial charge in [0.05, 0.1) is 10.2 Å². The van der Waals surface area contributed by atoms with E-state index in [1.165, 1.54) is 32.5 Å². The molecule has 1 unspecified atom stereocenters. The van der Waals surface area contributed by atoms with E-state index in [2.05, 4.69) is 30.1 Å². The summed E-state index contributed by atoms with van der Waals surface area (Å²) in [6.45, 7) is 2.53. The summed E-state index contributed by atoms with van der Waals surface area (Å²) in [5.41, 5.74) is 2.31. The molecule has 1 amide bonds. The Morgan fingerprint density at radius 3 is 2.87 bits per heavy atom. The molecule has 160 valence electrons. The fraction of sp³-hybridized carbons (Fsp3) is 0.429. The number of sulfonamides is 1. The highest BCUT2D eigenvalue weighted by Crippen LogP contribution is 2.29. The first kappa shape index (κ1) is 21.4. The number of rotatable bonds is 6. The van der Waals surface area contributed by atoms with Crippen LogP contribution in [-0.4, -0.2) is 35.8 Å². The zero-order chi connectivity index (χ0) is 21.3. The molecule has 2 aromatic heterocycles. The molecule has 0 saturated carbocycles. The number of carbonyl (C=O) groups excluding carboxylic acids is 1. The standard InChI is InChI=1S/C21H25N3O3S3/c1-3-4-7-15-10-11-16-18(14-15)29-21(23(16)2)22-20(25)17-8-5-12-24(17)30(26,27)19-9-6-13-28-19/h6,9-11,13-14,17H,3-5,7-8,12H2,1-2H3. The van der Waals surface area contributed by atoms with Crippen molar-refractivity contribution in [2.75, 3.05) is 6.54 Å². The van der Waals surface area contributed by atoms with Gasteiger partial charge < -0.3 is 4.57 Å². The highest BCUT2D eigenvalue weighted by Gasteiger charge is 2.39. The van der Waals surface area contributed by atoms with Gasteiger partial charge in [0.2, 0.25) is 0 Å². The number of aryl methyl sites for hydroxylation is 2. The fourth-order valence-electron chi connectivity index (χ4n) is 3.79. The Bertz CT molecular complexity index is 1220. The van der Waals surface area contributed by atoms with Gasteiger partial charge >= 0.3 is 0 Å². The number of thiophene rings is 1. The number of hydrogen-bond donors (Lipinski definition) is 0. The van der Waals surface area contributed by atoms with Crippen molar-refractivity contribution in [2.24, 2.45) is 12.0 Å². The molecule has 1 atom stereocenters. The summed E-state index contributed by atoms with van der Waals surface area (Å²) in [7, 11) is -1.77. The Balaban J connectivity index is 1.65. The van der Waals surface area contributed by atoms with Crippen LogP contribution in [0.25, 0.3) is 10.2 Å². The number of hydrogen-bond acceptors (Lipinski definition) is 5. The van der Waals surface area contributed by atoms with Crippen molar-refractivity contribution < 1.29 is 13.2 Å². The molecule has 0 radical (unpaired) electrons. The highest BCUT2D eigenvalue weighted by molar-refractivity contribution is 7.91. The zero-order valence-electron chi connectivity index (χ0n) is 17.1. The van der Waals surface area contributed by atoms with E-state index in [4.69, 9.17) is 0 Å². The van der Waals surface area contributed by atoms with Gasteiger partial charge in [-0.05, 0) is 54.8 Å². The smallest absolute Gasteiger partial charge is 0.266 e. The van der Waals surface area contributed by atoms with E-state index in [-0.39, 0.29) is 10.1 Å². The summed E-state index contributed by atoms with van der Waals surface area (Å²) < 4.78 is 30.5. The van der Waals surface area contributed by atoms with Gasteiger partial charge in [0.1, 0.15) is 10.3 Å². The number of aromatic nitrogens is 1. The maximum atomic E-state index is 13.0. The van der Waals surface area contributed by atoms with E-state index in [0.717, 1.165) is 29.5 Å². The summed E-state index contributed by atoms with van der Waals surface area (Å²) in [6.07, 6.45) is 4.50. The molecule has 3 heterocycles. The summed E-state index contributed by atoms with van der Waals surface area (Å²) in [4.78, 5) is 18.0. The second kappa shape index (κ2) is 8.74. The number of thiazole rings is 1. The van der Waals surface area contributed by atoms with Gasteiger partial charge in [0, 0.05) is 13.6 Å². The molecule has 6 nitrogen and oxygen atoms in total. The SMILES string of the molecule is CCCCc1ccc2c(c1)sc(=NC(=O)C1CCCN1S(=O)(=O)c1cccs1)n2C. The summed E-state index contributed by atoms with van der Waals surface area (Å²) >= 11 is 2.65. The minimum absolute atomic E-state index is 0.272. The van der Waals surface area contributed by atoms with Gasteiger partial charge in [0.15, 0.2) is 4.80 Å². The van der Waals surface area contributed by atoms with Crippen LogP contribution in [-0.2, 0) is 28.3 Å². The van der Waals surface area contributed by atoms with Crippen LogP contribution >= 0.6 is 22.7 Å². The first-order valence-corrected chi connectivity index (χ1v) is 13.3. The minimum atomic E-state index is -3.66. The number of fused-ring (bicyclic) bond motifs is 1. The lowest BCUT2D eigenvalue weighted by atomic mass is 10.1. The van der Waals surface area contributed by atoms with Crippen LogP contribution in [0, 0.1) is 0 Å². The zero-order valence-corrected chi connectivity index (χ0v) is 19.5. The second-order valence-electron chi connectivity index (χ2n) is 7.51. The normalized spacial score (nSPS) is 18.5. The van der Waals surface area contributed by atoms with Crippen molar-refractivity contribution in [1.82, 2.24) is 8.87 Å². The summed E-state index contributed by atoms with van der Waals surface area (Å²) in [5.74, 6) is -0.388. The third-order valence-corrected chi connectivity index (χ3v) is 9.82. The van der Waals surface area contributed by atoms with Crippen molar-refractivity contribution in [3.8, 4) is 0 Å². The third kappa shape index (κ3) is 4.03. The molecule has 30 heavy (non-hydrogen) atoms. The number of amides is 1. The Morgan fingerprint density at radius 2 is 2.13 bits per heavy atom. The molecule has 3 aromatic rings. The molecule has 1 fully saturated rings. The number of nitrogens with zero attached hydrogens (tertiary/aromatic N) is 3. The molecular formula is C21H25N3O3S3. The molecule has 1 aliphatic heterocycles. The minimum Gasteiger partial charge on any atom is -0.319 e. The largest absolute Gasteiger partial charge is 0.319 e. The van der Waals surface area contributed by atoms with E-state index >= 15 is 0 Å². The third-order valence-electron chi connectivity index (χ3n) is 5.45. The Labute approximate surface area is 184 Å². The maximum Gasteiger partial charge on any atom is 0.266 e. The maximum absolute atomic E-state index is 13.0. The van der Waals surface area contributed by atoms with Crippen LogP contribution in [0.3, 0.4) is 0 Å². The summed E-state index contributed by atoms with van der Waals surface area (Å²) in [6, 6.07) is 8.93. The van der Waals surface area contributed by atoms with Crippen molar-refractivity contribution in [1.29, 1.82) is 0 Å². The summed E-state index contributed by atoms with van der Waals surface area (Å²) in [5, 5.41) is 1.73. The lowest BCUT2D eigenvalue weighted by molar-refractivity contribution is -0.121. The molecule has 4 rings (SSSR count). The molecule has 9 heteroatoms. The molecule has 0 N–H and O–H groups in total. The van der Waals surface area contributed by atoms with Gasteiger partial charge in [-0.15, -0.1) is 11.3 Å². The first-order chi connectivity index (χ1) is 14.4. The Morgan fingerprint density at radius 1 is 1.30 bits per heavy atom. The van der Waals surface area contributed by atoms with Gasteiger partial charge in [-0.2, -0.15) is 9.30 Å². The highest BCUT2D eigenvalue weighted by atomic mass is 32.2. The predicted molar refractivity (Wildman–Crippen MR) is 121 cm³/mol. The number of benzene rings is 1. The quantitative estimate of drug-likeness (QED) is 0.556. The molecule has 1 aromatic carbocycles. The van der Waals surface area contributed by atoms with Crippen molar-refractivity contribution in [3.05, 3.63) is 46.1 Å². The van der Waals surface area contributed by atoms with E-state index in [1.807, 2.05) is 11.6 Å². The number of carbonyl (C=O) groups is 1. The molecule has 0 aliphatic carbocycles. The topological polar surface area (TPSA) is 71.7 Å². The molecule has 1 aliphatic rings. The lowest BCUT2D eigenvalue weighted by Crippen LogP contribution is -2.40. The second-order valence-corrected chi connectivity index (χ2v) is 11.6. The van der Waals surface area contributed by atoms with Crippen LogP contribution in [0.15, 0.2) is 44.9 Å². The monoisotopic (exact) mass is 463 g/mol. The van der Waals surface area contributed by atoms with E-state index in [9.17, 15) is 13.2 Å². The van der Waals surface area contributed by atoms with Crippen LogP contribution in [0.1, 0.15) is 38.2 Å². The van der Waals surface area contributed by atoms with Gasteiger partial charge in [-0.1, -0.05) is 36.8 Å². The fourth-order valence-corrected chi connectivity index (χ4v) is 7.65.